The van der Waals surface area contributed by atoms with Crippen molar-refractivity contribution in [3.05, 3.63) is 22.5 Å². The van der Waals surface area contributed by atoms with E-state index in [-0.39, 0.29) is 5.76 Å². The van der Waals surface area contributed by atoms with Crippen molar-refractivity contribution in [2.45, 2.75) is 13.1 Å². The molecule has 1 N–H and O–H groups in total. The second-order valence-corrected chi connectivity index (χ2v) is 2.32. The fraction of sp³-hybridized carbons (Fsp3) is 0.500. The van der Waals surface area contributed by atoms with Crippen LogP contribution in [0.15, 0.2) is 15.5 Å². The lowest BCUT2D eigenvalue weighted by molar-refractivity contribution is 0.456. The number of rotatable bonds is 0. The van der Waals surface area contributed by atoms with Crippen LogP contribution in [0.25, 0.3) is 0 Å². The largest absolute Gasteiger partial charge is 0.419 e. The molecule has 1 aromatic heterocycles. The minimum Gasteiger partial charge on any atom is -0.416 e. The highest BCUT2D eigenvalue weighted by molar-refractivity contribution is 4.97. The normalized spacial score (nSPS) is 16.8. The van der Waals surface area contributed by atoms with Crippen LogP contribution in [0.4, 0.5) is 0 Å². The predicted molar refractivity (Wildman–Crippen MR) is 34.7 cm³/mol. The first-order chi connectivity index (χ1) is 4.88. The summed E-state index contributed by atoms with van der Waals surface area (Å²) in [6, 6.07) is 0. The Morgan fingerprint density at radius 3 is 3.40 bits per heavy atom. The van der Waals surface area contributed by atoms with E-state index in [0.29, 0.717) is 0 Å². The Balaban J connectivity index is 2.55. The summed E-state index contributed by atoms with van der Waals surface area (Å²) in [5, 5.41) is 3.13. The van der Waals surface area contributed by atoms with Crippen LogP contribution in [0.1, 0.15) is 5.69 Å². The summed E-state index contributed by atoms with van der Waals surface area (Å²) in [5.74, 6) is -0.239. The molecule has 1 aromatic rings. The number of oxazole rings is 1. The Labute approximate surface area is 57.5 Å². The first kappa shape index (κ1) is 5.73. The lowest BCUT2D eigenvalue weighted by atomic mass is 10.4. The van der Waals surface area contributed by atoms with Crippen LogP contribution in [0.2, 0.25) is 0 Å². The number of fused-ring (bicyclic) bond motifs is 1. The van der Waals surface area contributed by atoms with Gasteiger partial charge in [0.25, 0.3) is 0 Å². The van der Waals surface area contributed by atoms with Crippen LogP contribution >= 0.6 is 0 Å². The van der Waals surface area contributed by atoms with E-state index in [1.807, 2.05) is 0 Å². The molecule has 54 valence electrons. The van der Waals surface area contributed by atoms with Gasteiger partial charge < -0.3 is 9.73 Å². The number of hydrogen-bond donors (Lipinski definition) is 1. The van der Waals surface area contributed by atoms with Crippen LogP contribution in [0.5, 0.6) is 0 Å². The van der Waals surface area contributed by atoms with Gasteiger partial charge in [0.2, 0.25) is 0 Å². The summed E-state index contributed by atoms with van der Waals surface area (Å²) >= 11 is 0. The van der Waals surface area contributed by atoms with Crippen molar-refractivity contribution in [3.8, 4) is 0 Å². The highest BCUT2D eigenvalue weighted by Gasteiger charge is 2.10. The highest BCUT2D eigenvalue weighted by atomic mass is 16.4. The van der Waals surface area contributed by atoms with Crippen molar-refractivity contribution >= 4 is 0 Å². The van der Waals surface area contributed by atoms with E-state index >= 15 is 0 Å². The minimum absolute atomic E-state index is 0.239. The standard InChI is InChI=1S/C6H8N2O2/c9-6-8-2-1-7-3-5(8)4-10-6/h4,7H,1-3H2. The fourth-order valence-electron chi connectivity index (χ4n) is 1.14. The molecule has 0 saturated heterocycles. The van der Waals surface area contributed by atoms with Gasteiger partial charge >= 0.3 is 5.76 Å². The van der Waals surface area contributed by atoms with Gasteiger partial charge in [-0.15, -0.1) is 0 Å². The molecule has 4 heteroatoms. The lowest BCUT2D eigenvalue weighted by Crippen LogP contribution is -2.32. The Kier molecular flexibility index (Phi) is 1.14. The highest BCUT2D eigenvalue weighted by Crippen LogP contribution is 1.99. The molecule has 1 aliphatic heterocycles. The molecule has 1 aliphatic rings. The minimum atomic E-state index is -0.239. The number of nitrogens with one attached hydrogen (secondary N) is 1. The molecule has 2 heterocycles. The predicted octanol–water partition coefficient (Wildman–Crippen LogP) is -0.456. The summed E-state index contributed by atoms with van der Waals surface area (Å²) in [7, 11) is 0. The van der Waals surface area contributed by atoms with Gasteiger partial charge in [0.05, 0.1) is 5.69 Å². The van der Waals surface area contributed by atoms with Gasteiger partial charge in [0, 0.05) is 19.6 Å². The van der Waals surface area contributed by atoms with E-state index < -0.39 is 0 Å². The van der Waals surface area contributed by atoms with Crippen molar-refractivity contribution in [1.82, 2.24) is 9.88 Å². The van der Waals surface area contributed by atoms with Crippen molar-refractivity contribution < 1.29 is 4.42 Å². The average Bonchev–Trinajstić information content (AvgIpc) is 2.34. The second-order valence-electron chi connectivity index (χ2n) is 2.32. The number of nitrogens with zero attached hydrogens (tertiary/aromatic N) is 1. The van der Waals surface area contributed by atoms with Crippen molar-refractivity contribution in [2.24, 2.45) is 0 Å². The van der Waals surface area contributed by atoms with E-state index in [9.17, 15) is 4.79 Å². The van der Waals surface area contributed by atoms with E-state index in [4.69, 9.17) is 0 Å². The molecule has 10 heavy (non-hydrogen) atoms. The molecule has 0 saturated carbocycles. The second kappa shape index (κ2) is 1.98. The zero-order valence-electron chi connectivity index (χ0n) is 5.46. The van der Waals surface area contributed by atoms with Gasteiger partial charge in [0.15, 0.2) is 0 Å². The van der Waals surface area contributed by atoms with Crippen LogP contribution in [0, 0.1) is 0 Å². The van der Waals surface area contributed by atoms with Gasteiger partial charge in [-0.25, -0.2) is 4.79 Å². The van der Waals surface area contributed by atoms with E-state index in [1.54, 1.807) is 4.57 Å². The molecule has 0 amide bonds. The maximum atomic E-state index is 10.8. The number of aromatic nitrogens is 1. The average molecular weight is 140 g/mol. The Morgan fingerprint density at radius 1 is 1.70 bits per heavy atom. The van der Waals surface area contributed by atoms with Gasteiger partial charge in [-0.1, -0.05) is 0 Å². The third-order valence-electron chi connectivity index (χ3n) is 1.68. The number of hydrogen-bond acceptors (Lipinski definition) is 3. The summed E-state index contributed by atoms with van der Waals surface area (Å²) in [5.41, 5.74) is 0.941. The maximum absolute atomic E-state index is 10.8. The Hall–Kier alpha value is -1.03. The van der Waals surface area contributed by atoms with E-state index in [2.05, 4.69) is 9.73 Å². The summed E-state index contributed by atoms with van der Waals surface area (Å²) in [6.45, 7) is 2.32. The molecule has 0 spiro atoms. The molecule has 0 bridgehead atoms. The van der Waals surface area contributed by atoms with E-state index in [1.165, 1.54) is 6.26 Å². The molecule has 0 radical (unpaired) electrons. The SMILES string of the molecule is O=c1occ2n1CCNC2. The topological polar surface area (TPSA) is 47.2 Å². The van der Waals surface area contributed by atoms with Crippen molar-refractivity contribution in [1.29, 1.82) is 0 Å². The lowest BCUT2D eigenvalue weighted by Gasteiger charge is -2.12. The molecule has 2 rings (SSSR count). The van der Waals surface area contributed by atoms with Crippen molar-refractivity contribution in [3.63, 3.8) is 0 Å². The molecule has 0 atom stereocenters. The summed E-state index contributed by atoms with van der Waals surface area (Å²) < 4.78 is 6.33. The van der Waals surface area contributed by atoms with Crippen molar-refractivity contribution in [2.75, 3.05) is 6.54 Å². The summed E-state index contributed by atoms with van der Waals surface area (Å²) in [6.07, 6.45) is 1.51. The van der Waals surface area contributed by atoms with E-state index in [0.717, 1.165) is 25.3 Å². The fourth-order valence-corrected chi connectivity index (χ4v) is 1.14. The maximum Gasteiger partial charge on any atom is 0.419 e. The third-order valence-corrected chi connectivity index (χ3v) is 1.68. The molecule has 0 unspecified atom stereocenters. The van der Waals surface area contributed by atoms with Crippen LogP contribution in [-0.2, 0) is 13.1 Å². The monoisotopic (exact) mass is 140 g/mol. The molecule has 4 nitrogen and oxygen atoms in total. The van der Waals surface area contributed by atoms with Crippen LogP contribution < -0.4 is 11.1 Å². The van der Waals surface area contributed by atoms with Gasteiger partial charge in [0.1, 0.15) is 6.26 Å². The molecular formula is C6H8N2O2. The summed E-state index contributed by atoms with van der Waals surface area (Å²) in [4.78, 5) is 10.8. The molecule has 0 aromatic carbocycles. The zero-order valence-corrected chi connectivity index (χ0v) is 5.46. The van der Waals surface area contributed by atoms with Gasteiger partial charge in [-0.3, -0.25) is 4.57 Å². The zero-order chi connectivity index (χ0) is 6.97. The molecular weight excluding hydrogens is 132 g/mol. The first-order valence-corrected chi connectivity index (χ1v) is 3.26. The van der Waals surface area contributed by atoms with Crippen LogP contribution in [-0.4, -0.2) is 11.1 Å². The molecule has 0 aliphatic carbocycles. The van der Waals surface area contributed by atoms with Gasteiger partial charge in [-0.2, -0.15) is 0 Å². The van der Waals surface area contributed by atoms with Crippen LogP contribution in [0.3, 0.4) is 0 Å². The quantitative estimate of drug-likeness (QED) is 0.530. The van der Waals surface area contributed by atoms with Gasteiger partial charge in [-0.05, 0) is 0 Å². The molecule has 0 fully saturated rings. The third kappa shape index (κ3) is 0.690. The first-order valence-electron chi connectivity index (χ1n) is 3.26. The smallest absolute Gasteiger partial charge is 0.416 e. The Bertz CT molecular complexity index is 286. The Morgan fingerprint density at radius 2 is 2.60 bits per heavy atom.